The van der Waals surface area contributed by atoms with E-state index < -0.39 is 0 Å². The summed E-state index contributed by atoms with van der Waals surface area (Å²) in [6.45, 7) is 4.23. The number of rotatable bonds is 7. The highest BCUT2D eigenvalue weighted by Gasteiger charge is 2.14. The Hall–Kier alpha value is -3.88. The first-order valence-electron chi connectivity index (χ1n) is 9.54. The molecule has 1 amide bonds. The van der Waals surface area contributed by atoms with Crippen molar-refractivity contribution in [1.29, 1.82) is 0 Å². The van der Waals surface area contributed by atoms with Crippen molar-refractivity contribution in [2.24, 2.45) is 0 Å². The summed E-state index contributed by atoms with van der Waals surface area (Å²) in [4.78, 5) is 29.4. The van der Waals surface area contributed by atoms with Crippen molar-refractivity contribution in [1.82, 2.24) is 29.5 Å². The Balaban J connectivity index is 1.41. The highest BCUT2D eigenvalue weighted by atomic mass is 16.5. The van der Waals surface area contributed by atoms with Crippen LogP contribution in [0.1, 0.15) is 28.9 Å². The second-order valence-electron chi connectivity index (χ2n) is 6.78. The number of aromatic nitrogens is 6. The lowest BCUT2D eigenvalue weighted by Crippen LogP contribution is -2.16. The van der Waals surface area contributed by atoms with Crippen molar-refractivity contribution in [3.05, 3.63) is 71.7 Å². The Labute approximate surface area is 173 Å². The molecule has 0 atom stereocenters. The van der Waals surface area contributed by atoms with Gasteiger partial charge in [-0.3, -0.25) is 9.78 Å². The molecule has 0 aliphatic heterocycles. The molecule has 0 aromatic carbocycles. The standard InChI is InChI=1S/C21H21N7O2/c1-14-17(15(2)28-21(26-14)24-13-25-28)5-6-19(29)27-20-18(4-3-9-23-20)30-12-16-7-10-22-11-8-16/h3-4,7-11,13H,5-6,12H2,1-2H3,(H,23,27,29). The van der Waals surface area contributed by atoms with Gasteiger partial charge in [-0.2, -0.15) is 10.1 Å². The number of amides is 1. The van der Waals surface area contributed by atoms with E-state index in [9.17, 15) is 4.79 Å². The zero-order chi connectivity index (χ0) is 20.9. The van der Waals surface area contributed by atoms with Crippen LogP contribution in [0.5, 0.6) is 5.75 Å². The maximum absolute atomic E-state index is 12.6. The van der Waals surface area contributed by atoms with Gasteiger partial charge in [-0.25, -0.2) is 14.5 Å². The third-order valence-corrected chi connectivity index (χ3v) is 4.76. The average Bonchev–Trinajstić information content (AvgIpc) is 3.22. The van der Waals surface area contributed by atoms with E-state index >= 15 is 0 Å². The van der Waals surface area contributed by atoms with Gasteiger partial charge < -0.3 is 10.1 Å². The number of pyridine rings is 2. The van der Waals surface area contributed by atoms with E-state index in [2.05, 4.69) is 30.4 Å². The van der Waals surface area contributed by atoms with E-state index in [1.54, 1.807) is 35.2 Å². The number of anilines is 1. The maximum Gasteiger partial charge on any atom is 0.252 e. The largest absolute Gasteiger partial charge is 0.485 e. The highest BCUT2D eigenvalue weighted by molar-refractivity contribution is 5.91. The Kier molecular flexibility index (Phi) is 5.60. The number of carbonyl (C=O) groups is 1. The Morgan fingerprint density at radius 3 is 2.80 bits per heavy atom. The van der Waals surface area contributed by atoms with E-state index in [1.165, 1.54) is 6.33 Å². The van der Waals surface area contributed by atoms with Crippen LogP contribution in [-0.4, -0.2) is 35.5 Å². The molecular weight excluding hydrogens is 382 g/mol. The van der Waals surface area contributed by atoms with Crippen LogP contribution in [0.25, 0.3) is 5.78 Å². The quantitative estimate of drug-likeness (QED) is 0.505. The van der Waals surface area contributed by atoms with Crippen LogP contribution in [0.3, 0.4) is 0 Å². The summed E-state index contributed by atoms with van der Waals surface area (Å²) in [5.74, 6) is 1.32. The van der Waals surface area contributed by atoms with E-state index in [1.807, 2.05) is 26.0 Å². The summed E-state index contributed by atoms with van der Waals surface area (Å²) < 4.78 is 7.52. The van der Waals surface area contributed by atoms with Gasteiger partial charge >= 0.3 is 0 Å². The molecule has 0 saturated heterocycles. The molecule has 0 radical (unpaired) electrons. The number of carbonyl (C=O) groups excluding carboxylic acids is 1. The summed E-state index contributed by atoms with van der Waals surface area (Å²) in [6, 6.07) is 7.29. The van der Waals surface area contributed by atoms with Crippen LogP contribution in [0.15, 0.2) is 49.2 Å². The molecule has 4 aromatic heterocycles. The van der Waals surface area contributed by atoms with Gasteiger partial charge in [0.2, 0.25) is 5.91 Å². The van der Waals surface area contributed by atoms with E-state index in [0.29, 0.717) is 30.4 Å². The molecule has 9 heteroatoms. The SMILES string of the molecule is Cc1nc2ncnn2c(C)c1CCC(=O)Nc1ncccc1OCc1ccncc1. The molecule has 0 unspecified atom stereocenters. The van der Waals surface area contributed by atoms with Crippen LogP contribution in [0.4, 0.5) is 5.82 Å². The minimum absolute atomic E-state index is 0.153. The lowest BCUT2D eigenvalue weighted by molar-refractivity contribution is -0.116. The van der Waals surface area contributed by atoms with Gasteiger partial charge in [0.1, 0.15) is 12.9 Å². The van der Waals surface area contributed by atoms with E-state index in [4.69, 9.17) is 4.74 Å². The minimum atomic E-state index is -0.153. The topological polar surface area (TPSA) is 107 Å². The summed E-state index contributed by atoms with van der Waals surface area (Å²) in [5, 5.41) is 7.03. The second kappa shape index (κ2) is 8.64. The zero-order valence-corrected chi connectivity index (χ0v) is 16.7. The first-order chi connectivity index (χ1) is 14.6. The predicted molar refractivity (Wildman–Crippen MR) is 110 cm³/mol. The highest BCUT2D eigenvalue weighted by Crippen LogP contribution is 2.23. The summed E-state index contributed by atoms with van der Waals surface area (Å²) in [5.41, 5.74) is 3.74. The number of hydrogen-bond acceptors (Lipinski definition) is 7. The van der Waals surface area contributed by atoms with Gasteiger partial charge in [-0.05, 0) is 55.7 Å². The molecule has 1 N–H and O–H groups in total. The summed E-state index contributed by atoms with van der Waals surface area (Å²) >= 11 is 0. The van der Waals surface area contributed by atoms with Crippen molar-refractivity contribution in [2.75, 3.05) is 5.32 Å². The molecule has 0 aliphatic carbocycles. The zero-order valence-electron chi connectivity index (χ0n) is 16.7. The molecule has 30 heavy (non-hydrogen) atoms. The smallest absolute Gasteiger partial charge is 0.252 e. The van der Waals surface area contributed by atoms with Gasteiger partial charge in [0.25, 0.3) is 5.78 Å². The van der Waals surface area contributed by atoms with Crippen LogP contribution in [0.2, 0.25) is 0 Å². The van der Waals surface area contributed by atoms with Crippen LogP contribution in [0, 0.1) is 13.8 Å². The third kappa shape index (κ3) is 4.24. The van der Waals surface area contributed by atoms with Crippen LogP contribution >= 0.6 is 0 Å². The molecule has 0 spiro atoms. The third-order valence-electron chi connectivity index (χ3n) is 4.76. The van der Waals surface area contributed by atoms with Crippen molar-refractivity contribution in [2.45, 2.75) is 33.3 Å². The fraction of sp³-hybridized carbons (Fsp3) is 0.238. The van der Waals surface area contributed by atoms with Gasteiger partial charge in [0.05, 0.1) is 0 Å². The van der Waals surface area contributed by atoms with Crippen LogP contribution < -0.4 is 10.1 Å². The molecule has 0 saturated carbocycles. The van der Waals surface area contributed by atoms with Gasteiger partial charge in [-0.1, -0.05) is 0 Å². The number of nitrogens with zero attached hydrogens (tertiary/aromatic N) is 6. The van der Waals surface area contributed by atoms with Gasteiger partial charge in [-0.15, -0.1) is 0 Å². The lowest BCUT2D eigenvalue weighted by Gasteiger charge is -2.12. The number of hydrogen-bond donors (Lipinski definition) is 1. The number of fused-ring (bicyclic) bond motifs is 1. The molecule has 4 heterocycles. The monoisotopic (exact) mass is 403 g/mol. The van der Waals surface area contributed by atoms with Gasteiger partial charge in [0.15, 0.2) is 11.6 Å². The number of ether oxygens (including phenoxy) is 1. The van der Waals surface area contributed by atoms with Crippen molar-refractivity contribution >= 4 is 17.5 Å². The molecule has 4 rings (SSSR count). The number of nitrogens with one attached hydrogen (secondary N) is 1. The first-order valence-corrected chi connectivity index (χ1v) is 9.54. The molecule has 0 bridgehead atoms. The molecule has 9 nitrogen and oxygen atoms in total. The molecular formula is C21H21N7O2. The van der Waals surface area contributed by atoms with Crippen molar-refractivity contribution in [3.8, 4) is 5.75 Å². The Bertz CT molecular complexity index is 1170. The van der Waals surface area contributed by atoms with E-state index in [0.717, 1.165) is 22.5 Å². The normalized spacial score (nSPS) is 10.9. The molecule has 4 aromatic rings. The minimum Gasteiger partial charge on any atom is -0.485 e. The Morgan fingerprint density at radius 1 is 1.13 bits per heavy atom. The predicted octanol–water partition coefficient (Wildman–Crippen LogP) is 2.68. The molecule has 0 fully saturated rings. The molecule has 152 valence electrons. The van der Waals surface area contributed by atoms with Gasteiger partial charge in [0, 0.05) is 36.4 Å². The van der Waals surface area contributed by atoms with Crippen molar-refractivity contribution in [3.63, 3.8) is 0 Å². The maximum atomic E-state index is 12.6. The second-order valence-corrected chi connectivity index (χ2v) is 6.78. The Morgan fingerprint density at radius 2 is 1.97 bits per heavy atom. The van der Waals surface area contributed by atoms with E-state index in [-0.39, 0.29) is 12.3 Å². The fourth-order valence-electron chi connectivity index (χ4n) is 3.19. The first kappa shape index (κ1) is 19.4. The van der Waals surface area contributed by atoms with Crippen molar-refractivity contribution < 1.29 is 9.53 Å². The molecule has 0 aliphatic rings. The summed E-state index contributed by atoms with van der Waals surface area (Å²) in [6.07, 6.45) is 7.32. The number of aryl methyl sites for hydroxylation is 2. The fourth-order valence-corrected chi connectivity index (χ4v) is 3.19. The average molecular weight is 403 g/mol. The lowest BCUT2D eigenvalue weighted by atomic mass is 10.1. The summed E-state index contributed by atoms with van der Waals surface area (Å²) in [7, 11) is 0. The van der Waals surface area contributed by atoms with Crippen LogP contribution in [-0.2, 0) is 17.8 Å².